The molecule has 1 aliphatic heterocycles. The fraction of sp³-hybridized carbons (Fsp3) is 0.440. The number of rotatable bonds is 8. The first-order valence-electron chi connectivity index (χ1n) is 11.4. The summed E-state index contributed by atoms with van der Waals surface area (Å²) < 4.78 is 28.2. The van der Waals surface area contributed by atoms with Gasteiger partial charge in [0.25, 0.3) is 15.9 Å². The molecule has 3 rings (SSSR count). The molecule has 0 spiro atoms. The second kappa shape index (κ2) is 10.8. The molecule has 1 heterocycles. The Labute approximate surface area is 196 Å². The molecule has 0 aliphatic carbocycles. The molecule has 1 fully saturated rings. The molecule has 2 aromatic carbocycles. The zero-order valence-corrected chi connectivity index (χ0v) is 20.3. The molecule has 1 atom stereocenters. The lowest BCUT2D eigenvalue weighted by atomic mass is 9.96. The second-order valence-electron chi connectivity index (χ2n) is 9.02. The van der Waals surface area contributed by atoms with E-state index in [4.69, 9.17) is 0 Å². The number of nitrogens with one attached hydrogen (secondary N) is 2. The Morgan fingerprint density at radius 1 is 1.12 bits per heavy atom. The van der Waals surface area contributed by atoms with Gasteiger partial charge >= 0.3 is 0 Å². The highest BCUT2D eigenvalue weighted by molar-refractivity contribution is 7.92. The van der Waals surface area contributed by atoms with E-state index < -0.39 is 10.0 Å². The van der Waals surface area contributed by atoms with Gasteiger partial charge in [-0.25, -0.2) is 8.42 Å². The molecule has 2 aromatic rings. The fourth-order valence-electron chi connectivity index (χ4n) is 3.97. The van der Waals surface area contributed by atoms with Crippen LogP contribution in [-0.2, 0) is 14.8 Å². The first-order valence-corrected chi connectivity index (χ1v) is 12.9. The molecule has 0 radical (unpaired) electrons. The molecule has 1 aliphatic rings. The summed E-state index contributed by atoms with van der Waals surface area (Å²) >= 11 is 0. The van der Waals surface area contributed by atoms with Crippen molar-refractivity contribution in [2.24, 2.45) is 11.8 Å². The first kappa shape index (κ1) is 24.8. The van der Waals surface area contributed by atoms with Crippen LogP contribution in [0.3, 0.4) is 0 Å². The number of piperidine rings is 1. The second-order valence-corrected chi connectivity index (χ2v) is 10.7. The summed E-state index contributed by atoms with van der Waals surface area (Å²) in [5, 5.41) is 2.98. The minimum atomic E-state index is -3.77. The van der Waals surface area contributed by atoms with E-state index in [1.165, 1.54) is 0 Å². The summed E-state index contributed by atoms with van der Waals surface area (Å²) in [7, 11) is -3.77. The number of likely N-dealkylation sites (tertiary alicyclic amines) is 1. The number of sulfonamides is 1. The lowest BCUT2D eigenvalue weighted by Crippen LogP contribution is -2.45. The number of hydrogen-bond donors (Lipinski definition) is 2. The highest BCUT2D eigenvalue weighted by Crippen LogP contribution is 2.23. The normalized spacial score (nSPS) is 16.5. The van der Waals surface area contributed by atoms with Gasteiger partial charge in [-0.3, -0.25) is 14.3 Å². The van der Waals surface area contributed by atoms with Gasteiger partial charge in [-0.15, -0.1) is 0 Å². The summed E-state index contributed by atoms with van der Waals surface area (Å²) in [5.41, 5.74) is 1.35. The summed E-state index contributed by atoms with van der Waals surface area (Å²) in [6.45, 7) is 7.55. The molecule has 0 bridgehead atoms. The predicted octanol–water partition coefficient (Wildman–Crippen LogP) is 3.81. The van der Waals surface area contributed by atoms with E-state index in [9.17, 15) is 18.0 Å². The molecular formula is C25H33N3O4S. The van der Waals surface area contributed by atoms with Crippen LogP contribution in [0.4, 0.5) is 5.69 Å². The molecular weight excluding hydrogens is 438 g/mol. The molecule has 33 heavy (non-hydrogen) atoms. The number of amides is 2. The quantitative estimate of drug-likeness (QED) is 0.612. The van der Waals surface area contributed by atoms with Crippen molar-refractivity contribution in [2.75, 3.05) is 24.4 Å². The summed E-state index contributed by atoms with van der Waals surface area (Å²) in [5.74, 6) is 0.0855. The molecule has 2 amide bonds. The van der Waals surface area contributed by atoms with Crippen LogP contribution in [0.2, 0.25) is 0 Å². The Kier molecular flexibility index (Phi) is 8.13. The third kappa shape index (κ3) is 6.57. The highest BCUT2D eigenvalue weighted by Gasteiger charge is 2.29. The van der Waals surface area contributed by atoms with Crippen molar-refractivity contribution in [3.05, 3.63) is 59.7 Å². The van der Waals surface area contributed by atoms with Gasteiger partial charge in [0.05, 0.1) is 10.8 Å². The smallest absolute Gasteiger partial charge is 0.262 e. The van der Waals surface area contributed by atoms with Gasteiger partial charge in [0, 0.05) is 30.9 Å². The van der Waals surface area contributed by atoms with Crippen LogP contribution in [0, 0.1) is 18.8 Å². The highest BCUT2D eigenvalue weighted by atomic mass is 32.2. The van der Waals surface area contributed by atoms with Gasteiger partial charge in [-0.1, -0.05) is 38.1 Å². The Balaban J connectivity index is 1.68. The summed E-state index contributed by atoms with van der Waals surface area (Å²) in [6, 6.07) is 13.2. The van der Waals surface area contributed by atoms with E-state index in [1.54, 1.807) is 60.4 Å². The van der Waals surface area contributed by atoms with Gasteiger partial charge < -0.3 is 10.2 Å². The van der Waals surface area contributed by atoms with E-state index in [-0.39, 0.29) is 22.6 Å². The Bertz CT molecular complexity index is 1100. The van der Waals surface area contributed by atoms with Crippen LogP contribution in [0.25, 0.3) is 0 Å². The number of benzene rings is 2. The molecule has 1 saturated heterocycles. The Morgan fingerprint density at radius 2 is 1.88 bits per heavy atom. The minimum Gasteiger partial charge on any atom is -0.356 e. The summed E-state index contributed by atoms with van der Waals surface area (Å²) in [6.07, 6.45) is 2.44. The maximum absolute atomic E-state index is 13.1. The van der Waals surface area contributed by atoms with Gasteiger partial charge in [0.15, 0.2) is 0 Å². The van der Waals surface area contributed by atoms with Crippen molar-refractivity contribution >= 4 is 27.5 Å². The van der Waals surface area contributed by atoms with Crippen molar-refractivity contribution in [2.45, 2.75) is 44.9 Å². The third-order valence-corrected chi connectivity index (χ3v) is 7.39. The molecule has 0 aromatic heterocycles. The number of nitrogens with zero attached hydrogens (tertiary/aromatic N) is 1. The van der Waals surface area contributed by atoms with E-state index in [1.807, 2.05) is 0 Å². The molecule has 7 nitrogen and oxygen atoms in total. The molecule has 178 valence electrons. The van der Waals surface area contributed by atoms with Crippen molar-refractivity contribution < 1.29 is 18.0 Å². The molecule has 2 N–H and O–H groups in total. The van der Waals surface area contributed by atoms with Crippen LogP contribution < -0.4 is 10.0 Å². The van der Waals surface area contributed by atoms with Crippen LogP contribution in [0.5, 0.6) is 0 Å². The van der Waals surface area contributed by atoms with Gasteiger partial charge in [-0.2, -0.15) is 0 Å². The SMILES string of the molecule is Cc1ccccc1S(=O)(=O)Nc1cccc(C(=O)N2CCCC(C(=O)NCCC(C)C)C2)c1. The zero-order valence-electron chi connectivity index (χ0n) is 19.5. The lowest BCUT2D eigenvalue weighted by Gasteiger charge is -2.32. The fourth-order valence-corrected chi connectivity index (χ4v) is 5.27. The van der Waals surface area contributed by atoms with Crippen molar-refractivity contribution in [1.29, 1.82) is 0 Å². The first-order chi connectivity index (χ1) is 15.7. The lowest BCUT2D eigenvalue weighted by molar-refractivity contribution is -0.126. The number of carbonyl (C=O) groups excluding carboxylic acids is 2. The maximum Gasteiger partial charge on any atom is 0.262 e. The van der Waals surface area contributed by atoms with Crippen molar-refractivity contribution in [1.82, 2.24) is 10.2 Å². The Hall–Kier alpha value is -2.87. The van der Waals surface area contributed by atoms with Crippen LogP contribution in [0.15, 0.2) is 53.4 Å². The number of hydrogen-bond acceptors (Lipinski definition) is 4. The van der Waals surface area contributed by atoms with Gasteiger partial charge in [0.2, 0.25) is 5.91 Å². The zero-order chi connectivity index (χ0) is 24.0. The molecule has 1 unspecified atom stereocenters. The topological polar surface area (TPSA) is 95.6 Å². The maximum atomic E-state index is 13.1. The largest absolute Gasteiger partial charge is 0.356 e. The van der Waals surface area contributed by atoms with Crippen molar-refractivity contribution in [3.8, 4) is 0 Å². The van der Waals surface area contributed by atoms with Crippen LogP contribution in [0.1, 0.15) is 49.0 Å². The monoisotopic (exact) mass is 471 g/mol. The average molecular weight is 472 g/mol. The molecule has 8 heteroatoms. The minimum absolute atomic E-state index is 0.00658. The van der Waals surface area contributed by atoms with Crippen LogP contribution >= 0.6 is 0 Å². The van der Waals surface area contributed by atoms with Gasteiger partial charge in [-0.05, 0) is 61.9 Å². The standard InChI is InChI=1S/C25H33N3O4S/c1-18(2)13-14-26-24(29)21-10-7-15-28(17-21)25(30)20-9-6-11-22(16-20)27-33(31,32)23-12-5-4-8-19(23)3/h4-6,8-9,11-12,16,18,21,27H,7,10,13-15,17H2,1-3H3,(H,26,29). The molecule has 0 saturated carbocycles. The third-order valence-electron chi connectivity index (χ3n) is 5.85. The number of carbonyl (C=O) groups is 2. The van der Waals surface area contributed by atoms with Crippen LogP contribution in [-0.4, -0.2) is 44.8 Å². The van der Waals surface area contributed by atoms with E-state index >= 15 is 0 Å². The van der Waals surface area contributed by atoms with E-state index in [0.717, 1.165) is 19.3 Å². The Morgan fingerprint density at radius 3 is 2.61 bits per heavy atom. The summed E-state index contributed by atoms with van der Waals surface area (Å²) in [4.78, 5) is 27.5. The van der Waals surface area contributed by atoms with E-state index in [2.05, 4.69) is 23.9 Å². The van der Waals surface area contributed by atoms with Crippen molar-refractivity contribution in [3.63, 3.8) is 0 Å². The average Bonchev–Trinajstić information content (AvgIpc) is 2.78. The number of aryl methyl sites for hydroxylation is 1. The van der Waals surface area contributed by atoms with Gasteiger partial charge in [0.1, 0.15) is 0 Å². The van der Waals surface area contributed by atoms with E-state index in [0.29, 0.717) is 42.4 Å². The predicted molar refractivity (Wildman–Crippen MR) is 130 cm³/mol. The number of anilines is 1.